The standard InChI is InChI=1S/C25H33N5O3/c1-24(2,3)33-23(32)30-14-6-11-25(30)12-15-29(16-13-25)21-10-9-18(17-27-21)22(31)28-20-8-5-4-7-19(20)26/h4-5,7-10,17H,6,11-16,26H2,1-3H3,(H,28,31). The number of amides is 2. The summed E-state index contributed by atoms with van der Waals surface area (Å²) in [5.74, 6) is 0.589. The van der Waals surface area contributed by atoms with Crippen LogP contribution < -0.4 is 16.0 Å². The third kappa shape index (κ3) is 5.05. The topological polar surface area (TPSA) is 101 Å². The Morgan fingerprint density at radius 1 is 1.06 bits per heavy atom. The maximum Gasteiger partial charge on any atom is 0.410 e. The van der Waals surface area contributed by atoms with Crippen molar-refractivity contribution in [1.82, 2.24) is 9.88 Å². The van der Waals surface area contributed by atoms with Gasteiger partial charge >= 0.3 is 6.09 Å². The second-order valence-corrected chi connectivity index (χ2v) is 9.89. The van der Waals surface area contributed by atoms with Crippen molar-refractivity contribution in [2.75, 3.05) is 35.6 Å². The number of nitrogens with two attached hydrogens (primary N) is 1. The van der Waals surface area contributed by atoms with E-state index < -0.39 is 5.60 Å². The number of piperidine rings is 1. The Balaban J connectivity index is 1.37. The largest absolute Gasteiger partial charge is 0.444 e. The molecule has 1 aromatic carbocycles. The Bertz CT molecular complexity index is 1010. The maximum atomic E-state index is 12.8. The summed E-state index contributed by atoms with van der Waals surface area (Å²) in [6.45, 7) is 8.07. The molecule has 3 N–H and O–H groups in total. The number of anilines is 3. The fourth-order valence-electron chi connectivity index (χ4n) is 4.73. The molecule has 4 rings (SSSR count). The quantitative estimate of drug-likeness (QED) is 0.676. The molecule has 0 unspecified atom stereocenters. The molecule has 8 heteroatoms. The average Bonchev–Trinajstić information content (AvgIpc) is 3.18. The minimum absolute atomic E-state index is 0.131. The van der Waals surface area contributed by atoms with Crippen molar-refractivity contribution in [2.24, 2.45) is 0 Å². The van der Waals surface area contributed by atoms with Crippen LogP contribution in [0.3, 0.4) is 0 Å². The van der Waals surface area contributed by atoms with E-state index in [4.69, 9.17) is 10.5 Å². The first-order chi connectivity index (χ1) is 15.7. The third-order valence-corrected chi connectivity index (χ3v) is 6.45. The lowest BCUT2D eigenvalue weighted by atomic mass is 9.85. The molecular weight excluding hydrogens is 418 g/mol. The second-order valence-electron chi connectivity index (χ2n) is 9.89. The summed E-state index contributed by atoms with van der Waals surface area (Å²) in [4.78, 5) is 34.0. The van der Waals surface area contributed by atoms with Gasteiger partial charge in [-0.2, -0.15) is 0 Å². The maximum absolute atomic E-state index is 12.8. The molecule has 2 aliphatic rings. The molecule has 3 heterocycles. The molecule has 0 radical (unpaired) electrons. The lowest BCUT2D eigenvalue weighted by Gasteiger charge is -2.45. The number of hydrogen-bond acceptors (Lipinski definition) is 6. The average molecular weight is 452 g/mol. The van der Waals surface area contributed by atoms with Crippen LogP contribution in [0.25, 0.3) is 0 Å². The van der Waals surface area contributed by atoms with Crippen LogP contribution in [0.2, 0.25) is 0 Å². The van der Waals surface area contributed by atoms with Crippen molar-refractivity contribution >= 4 is 29.2 Å². The van der Waals surface area contributed by atoms with E-state index in [1.165, 1.54) is 0 Å². The smallest absolute Gasteiger partial charge is 0.410 e. The second kappa shape index (κ2) is 8.92. The third-order valence-electron chi connectivity index (χ3n) is 6.45. The number of carbonyl (C=O) groups excluding carboxylic acids is 2. The minimum atomic E-state index is -0.494. The van der Waals surface area contributed by atoms with Gasteiger partial charge in [0.2, 0.25) is 0 Å². The summed E-state index contributed by atoms with van der Waals surface area (Å²) in [6.07, 6.45) is 5.16. The summed E-state index contributed by atoms with van der Waals surface area (Å²) in [6, 6.07) is 10.8. The van der Waals surface area contributed by atoms with E-state index in [2.05, 4.69) is 15.2 Å². The molecule has 0 aliphatic carbocycles. The van der Waals surface area contributed by atoms with Crippen LogP contribution in [0.5, 0.6) is 0 Å². The molecule has 0 atom stereocenters. The van der Waals surface area contributed by atoms with Gasteiger partial charge < -0.3 is 25.6 Å². The molecular formula is C25H33N5O3. The molecule has 2 fully saturated rings. The number of para-hydroxylation sites is 2. The van der Waals surface area contributed by atoms with Crippen molar-refractivity contribution in [3.8, 4) is 0 Å². The van der Waals surface area contributed by atoms with Crippen LogP contribution in [0.1, 0.15) is 56.8 Å². The number of rotatable bonds is 3. The molecule has 2 saturated heterocycles. The summed E-state index contributed by atoms with van der Waals surface area (Å²) >= 11 is 0. The van der Waals surface area contributed by atoms with E-state index in [1.54, 1.807) is 24.4 Å². The predicted molar refractivity (Wildman–Crippen MR) is 129 cm³/mol. The van der Waals surface area contributed by atoms with Gasteiger partial charge in [-0.3, -0.25) is 4.79 Å². The first kappa shape index (κ1) is 22.9. The van der Waals surface area contributed by atoms with Gasteiger partial charge in [0.25, 0.3) is 5.91 Å². The SMILES string of the molecule is CC(C)(C)OC(=O)N1CCCC12CCN(c1ccc(C(=O)Nc3ccccc3N)cn1)CC2. The zero-order chi connectivity index (χ0) is 23.6. The molecule has 1 aromatic heterocycles. The monoisotopic (exact) mass is 451 g/mol. The van der Waals surface area contributed by atoms with Gasteiger partial charge in [0.1, 0.15) is 11.4 Å². The molecule has 2 amide bonds. The molecule has 1 spiro atoms. The van der Waals surface area contributed by atoms with Crippen molar-refractivity contribution in [2.45, 2.75) is 57.6 Å². The van der Waals surface area contributed by atoms with Gasteiger partial charge in [0.05, 0.1) is 16.9 Å². The number of nitrogens with zero attached hydrogens (tertiary/aromatic N) is 3. The van der Waals surface area contributed by atoms with Gasteiger partial charge in [-0.15, -0.1) is 0 Å². The fraction of sp³-hybridized carbons (Fsp3) is 0.480. The number of nitrogens with one attached hydrogen (secondary N) is 1. The first-order valence-corrected chi connectivity index (χ1v) is 11.5. The first-order valence-electron chi connectivity index (χ1n) is 11.5. The molecule has 2 aliphatic heterocycles. The van der Waals surface area contributed by atoms with Crippen LogP contribution in [0.15, 0.2) is 42.6 Å². The van der Waals surface area contributed by atoms with Crippen molar-refractivity contribution in [1.29, 1.82) is 0 Å². The summed E-state index contributed by atoms with van der Waals surface area (Å²) < 4.78 is 5.66. The normalized spacial score (nSPS) is 17.8. The molecule has 0 bridgehead atoms. The number of pyridine rings is 1. The van der Waals surface area contributed by atoms with E-state index in [0.29, 0.717) is 16.9 Å². The molecule has 33 heavy (non-hydrogen) atoms. The summed E-state index contributed by atoms with van der Waals surface area (Å²) in [7, 11) is 0. The van der Waals surface area contributed by atoms with Crippen LogP contribution in [-0.2, 0) is 4.74 Å². The zero-order valence-corrected chi connectivity index (χ0v) is 19.6. The highest BCUT2D eigenvalue weighted by molar-refractivity contribution is 6.05. The highest BCUT2D eigenvalue weighted by Crippen LogP contribution is 2.40. The van der Waals surface area contributed by atoms with Crippen LogP contribution >= 0.6 is 0 Å². The number of likely N-dealkylation sites (tertiary alicyclic amines) is 1. The fourth-order valence-corrected chi connectivity index (χ4v) is 4.73. The highest BCUT2D eigenvalue weighted by atomic mass is 16.6. The number of hydrogen-bond donors (Lipinski definition) is 2. The molecule has 2 aromatic rings. The van der Waals surface area contributed by atoms with Gasteiger partial charge in [-0.1, -0.05) is 12.1 Å². The number of carbonyl (C=O) groups is 2. The van der Waals surface area contributed by atoms with Gasteiger partial charge in [-0.25, -0.2) is 9.78 Å². The van der Waals surface area contributed by atoms with Gasteiger partial charge in [-0.05, 0) is 70.7 Å². The summed E-state index contributed by atoms with van der Waals surface area (Å²) in [5.41, 5.74) is 6.86. The van der Waals surface area contributed by atoms with Crippen molar-refractivity contribution < 1.29 is 14.3 Å². The zero-order valence-electron chi connectivity index (χ0n) is 19.6. The molecule has 176 valence electrons. The Labute approximate surface area is 195 Å². The minimum Gasteiger partial charge on any atom is -0.444 e. The summed E-state index contributed by atoms with van der Waals surface area (Å²) in [5, 5.41) is 2.82. The van der Waals surface area contributed by atoms with E-state index in [0.717, 1.165) is 51.1 Å². The number of benzene rings is 1. The van der Waals surface area contributed by atoms with Gasteiger partial charge in [0.15, 0.2) is 0 Å². The molecule has 8 nitrogen and oxygen atoms in total. The number of ether oxygens (including phenoxy) is 1. The van der Waals surface area contributed by atoms with E-state index in [9.17, 15) is 9.59 Å². The van der Waals surface area contributed by atoms with E-state index >= 15 is 0 Å². The lowest BCUT2D eigenvalue weighted by molar-refractivity contribution is 0.00319. The van der Waals surface area contributed by atoms with Crippen LogP contribution in [0, 0.1) is 0 Å². The molecule has 0 saturated carbocycles. The lowest BCUT2D eigenvalue weighted by Crippen LogP contribution is -2.55. The Morgan fingerprint density at radius 2 is 1.79 bits per heavy atom. The number of nitrogen functional groups attached to an aromatic ring is 1. The Kier molecular flexibility index (Phi) is 6.19. The van der Waals surface area contributed by atoms with Crippen LogP contribution in [-0.4, -0.2) is 52.7 Å². The van der Waals surface area contributed by atoms with E-state index in [-0.39, 0.29) is 17.5 Å². The highest BCUT2D eigenvalue weighted by Gasteiger charge is 2.46. The Morgan fingerprint density at radius 3 is 2.42 bits per heavy atom. The predicted octanol–water partition coefficient (Wildman–Crippen LogP) is 4.29. The van der Waals surface area contributed by atoms with E-state index in [1.807, 2.05) is 43.9 Å². The van der Waals surface area contributed by atoms with Crippen LogP contribution in [0.4, 0.5) is 22.0 Å². The Hall–Kier alpha value is -3.29. The van der Waals surface area contributed by atoms with Gasteiger partial charge in [0, 0.05) is 31.4 Å². The van der Waals surface area contributed by atoms with Crippen molar-refractivity contribution in [3.63, 3.8) is 0 Å². The number of aromatic nitrogens is 1. The van der Waals surface area contributed by atoms with Crippen molar-refractivity contribution in [3.05, 3.63) is 48.2 Å².